The number of amides is 5. The van der Waals surface area contributed by atoms with E-state index in [9.17, 15) is 24.0 Å². The predicted octanol–water partition coefficient (Wildman–Crippen LogP) is 5.02. The van der Waals surface area contributed by atoms with Gasteiger partial charge in [-0.1, -0.05) is 34.3 Å². The summed E-state index contributed by atoms with van der Waals surface area (Å²) in [5, 5.41) is 5.61. The molecule has 8 rings (SSSR count). The van der Waals surface area contributed by atoms with E-state index in [2.05, 4.69) is 71.8 Å². The Balaban J connectivity index is 1.07. The van der Waals surface area contributed by atoms with Gasteiger partial charge in [-0.2, -0.15) is 0 Å². The molecular weight excluding hydrogens is 923 g/mol. The molecule has 0 radical (unpaired) electrons. The van der Waals surface area contributed by atoms with E-state index in [1.165, 1.54) is 17.0 Å². The highest BCUT2D eigenvalue weighted by molar-refractivity contribution is 5.95. The van der Waals surface area contributed by atoms with Crippen LogP contribution in [0.1, 0.15) is 91.0 Å². The number of nitrogens with zero attached hydrogens (tertiary/aromatic N) is 7. The second-order valence-electron chi connectivity index (χ2n) is 21.2. The minimum Gasteiger partial charge on any atom is -0.492 e. The van der Waals surface area contributed by atoms with Crippen molar-refractivity contribution in [3.8, 4) is 11.3 Å². The summed E-state index contributed by atoms with van der Waals surface area (Å²) < 4.78 is 31.9. The molecular formula is C53H75N9O10. The molecule has 2 aromatic heterocycles. The molecule has 19 nitrogen and oxygen atoms in total. The zero-order valence-electron chi connectivity index (χ0n) is 43.7. The lowest BCUT2D eigenvalue weighted by Crippen LogP contribution is -2.63. The predicted molar refractivity (Wildman–Crippen MR) is 270 cm³/mol. The first-order valence-electron chi connectivity index (χ1n) is 25.6. The lowest BCUT2D eigenvalue weighted by atomic mass is 9.84. The molecule has 0 aliphatic carbocycles. The molecule has 5 amide bonds. The number of methoxy groups -OCH3 is 2. The summed E-state index contributed by atoms with van der Waals surface area (Å²) in [6.45, 7) is 19.6. The third-order valence-corrected chi connectivity index (χ3v) is 15.3. The highest BCUT2D eigenvalue weighted by atomic mass is 16.5. The van der Waals surface area contributed by atoms with E-state index in [4.69, 9.17) is 28.7 Å². The van der Waals surface area contributed by atoms with Crippen LogP contribution in [0.4, 0.5) is 10.5 Å². The van der Waals surface area contributed by atoms with Crippen molar-refractivity contribution in [2.24, 2.45) is 11.3 Å². The summed E-state index contributed by atoms with van der Waals surface area (Å²) in [6, 6.07) is 7.50. The van der Waals surface area contributed by atoms with E-state index in [0.29, 0.717) is 84.5 Å². The lowest BCUT2D eigenvalue weighted by molar-refractivity contribution is -0.156. The monoisotopic (exact) mass is 998 g/mol. The highest BCUT2D eigenvalue weighted by Gasteiger charge is 2.46. The first kappa shape index (κ1) is 52.6. The number of hydrogen-bond donors (Lipinski definition) is 2. The van der Waals surface area contributed by atoms with Crippen LogP contribution in [0, 0.1) is 11.3 Å². The van der Waals surface area contributed by atoms with Crippen molar-refractivity contribution in [3.63, 3.8) is 0 Å². The molecule has 4 saturated heterocycles. The van der Waals surface area contributed by atoms with Crippen molar-refractivity contribution >= 4 is 46.3 Å². The molecule has 19 heteroatoms. The minimum atomic E-state index is -1.07. The number of ether oxygens (including phenoxy) is 5. The number of aryl methyl sites for hydroxylation is 1. The molecule has 5 aliphatic rings. The summed E-state index contributed by atoms with van der Waals surface area (Å²) >= 11 is 0. The molecule has 3 aromatic rings. The summed E-state index contributed by atoms with van der Waals surface area (Å²) in [7, 11) is 4.71. The highest BCUT2D eigenvalue weighted by Crippen LogP contribution is 2.42. The molecule has 1 spiro atoms. The van der Waals surface area contributed by atoms with Crippen LogP contribution >= 0.6 is 0 Å². The van der Waals surface area contributed by atoms with E-state index >= 15 is 0 Å². The third-order valence-electron chi connectivity index (χ3n) is 15.3. The number of hydrazine groups is 1. The number of benzene rings is 1. The van der Waals surface area contributed by atoms with Gasteiger partial charge in [-0.05, 0) is 87.8 Å². The van der Waals surface area contributed by atoms with Crippen LogP contribution in [0.15, 0.2) is 48.9 Å². The van der Waals surface area contributed by atoms with E-state index in [0.717, 1.165) is 39.1 Å². The van der Waals surface area contributed by atoms with E-state index < -0.39 is 53.0 Å². The molecule has 72 heavy (non-hydrogen) atoms. The zero-order valence-corrected chi connectivity index (χ0v) is 43.7. The van der Waals surface area contributed by atoms with Gasteiger partial charge in [0.1, 0.15) is 24.9 Å². The van der Waals surface area contributed by atoms with Crippen LogP contribution in [0.25, 0.3) is 22.2 Å². The number of hydrogen-bond acceptors (Lipinski definition) is 13. The van der Waals surface area contributed by atoms with Crippen LogP contribution < -0.4 is 15.6 Å². The Kier molecular flexibility index (Phi) is 15.9. The number of pyridine rings is 1. The van der Waals surface area contributed by atoms with Gasteiger partial charge in [-0.3, -0.25) is 29.2 Å². The number of cyclic esters (lactones) is 1. The maximum Gasteiger partial charge on any atom is 0.324 e. The molecule has 0 unspecified atom stereocenters. The molecule has 0 saturated carbocycles. The first-order valence-corrected chi connectivity index (χ1v) is 25.6. The second-order valence-corrected chi connectivity index (χ2v) is 21.2. The fraction of sp³-hybridized carbons (Fsp3) is 0.623. The summed E-state index contributed by atoms with van der Waals surface area (Å²) in [5.41, 5.74) is 8.13. The van der Waals surface area contributed by atoms with Gasteiger partial charge < -0.3 is 53.2 Å². The number of anilines is 1. The number of piperidine rings is 1. The Hall–Kier alpha value is -5.76. The molecule has 6 bridgehead atoms. The van der Waals surface area contributed by atoms with Crippen LogP contribution in [0.2, 0.25) is 0 Å². The summed E-state index contributed by atoms with van der Waals surface area (Å²) in [4.78, 5) is 82.3. The number of nitrogens with one attached hydrogen (secondary N) is 2. The number of rotatable bonds is 10. The van der Waals surface area contributed by atoms with E-state index in [1.807, 2.05) is 26.8 Å². The molecule has 5 aliphatic heterocycles. The van der Waals surface area contributed by atoms with E-state index in [1.54, 1.807) is 30.2 Å². The number of fused-ring (bicyclic) bond motifs is 6. The maximum atomic E-state index is 14.8. The number of esters is 1. The normalized spacial score (nSPS) is 23.4. The largest absolute Gasteiger partial charge is 0.492 e. The third kappa shape index (κ3) is 10.8. The average molecular weight is 998 g/mol. The number of urea groups is 1. The van der Waals surface area contributed by atoms with Gasteiger partial charge in [0.2, 0.25) is 5.91 Å². The fourth-order valence-corrected chi connectivity index (χ4v) is 11.2. The van der Waals surface area contributed by atoms with Gasteiger partial charge in [0.05, 0.1) is 56.1 Å². The number of aromatic nitrogens is 2. The van der Waals surface area contributed by atoms with Crippen LogP contribution in [0.5, 0.6) is 0 Å². The maximum absolute atomic E-state index is 14.8. The second kappa shape index (κ2) is 21.8. The number of carbonyl (C=O) groups is 5. The Morgan fingerprint density at radius 3 is 2.53 bits per heavy atom. The molecule has 2 N–H and O–H groups in total. The number of morpholine rings is 1. The minimum absolute atomic E-state index is 0.0368. The van der Waals surface area contributed by atoms with Crippen molar-refractivity contribution in [1.29, 1.82) is 0 Å². The van der Waals surface area contributed by atoms with Crippen LogP contribution in [0.3, 0.4) is 0 Å². The van der Waals surface area contributed by atoms with Crippen molar-refractivity contribution in [3.05, 3.63) is 60.1 Å². The first-order chi connectivity index (χ1) is 34.4. The number of carbonyl (C=O) groups excluding carboxylic acids is 5. The van der Waals surface area contributed by atoms with Crippen LogP contribution in [-0.2, 0) is 55.8 Å². The topological polar surface area (TPSA) is 190 Å². The molecule has 5 atom stereocenters. The van der Waals surface area contributed by atoms with Gasteiger partial charge in [-0.25, -0.2) is 10.2 Å². The quantitative estimate of drug-likeness (QED) is 0.157. The van der Waals surface area contributed by atoms with E-state index in [-0.39, 0.29) is 49.5 Å². The van der Waals surface area contributed by atoms with Crippen molar-refractivity contribution in [1.82, 2.24) is 40.0 Å². The fourth-order valence-electron chi connectivity index (χ4n) is 11.2. The number of likely N-dealkylation sites (N-methyl/N-ethyl adjacent to an activating group) is 1. The standard InChI is InChI=1S/C53H75N9O10/c1-11-61-43-17-16-36-26-39(43)40(46(61)38-14-12-20-54-44(38)34(4)68-9)28-52(6,7)31-71-50(66)41-15-13-21-62(56-41)49(65)42(27-37-29-59(36)24-25-70-37)55-47(63)45(33(2)3)57(8)51(67)58-22-18-53(19-23-58)30-60(32-72-53)48(64)35(5)69-10/h12,14,16-17,20,26,33-34,37,41-42,45,56H,5,11,13,15,18-19,21-25,27-32H2,1-4,6-10H3,(H,55,63)/t34-,37-,41-,42-,45-/m0/s1. The Bertz CT molecular complexity index is 2520. The summed E-state index contributed by atoms with van der Waals surface area (Å²) in [5.74, 6) is -1.96. The number of likely N-dealkylation sites (tertiary alicyclic amines) is 1. The summed E-state index contributed by atoms with van der Waals surface area (Å²) in [6.07, 6.45) is 3.80. The average Bonchev–Trinajstić information content (AvgIpc) is 3.93. The van der Waals surface area contributed by atoms with Crippen molar-refractivity contribution in [2.75, 3.05) is 85.4 Å². The molecule has 1 aromatic carbocycles. The van der Waals surface area contributed by atoms with Gasteiger partial charge in [0.15, 0.2) is 5.76 Å². The Morgan fingerprint density at radius 2 is 1.82 bits per heavy atom. The lowest BCUT2D eigenvalue weighted by Gasteiger charge is -2.41. The van der Waals surface area contributed by atoms with Gasteiger partial charge in [0, 0.05) is 93.6 Å². The van der Waals surface area contributed by atoms with Crippen molar-refractivity contribution < 1.29 is 47.7 Å². The Labute approximate surface area is 423 Å². The SMILES string of the molecule is C=C(OC)C(=O)N1COC2(CCN(C(=O)N(C)[C@H](C(=O)N[C@H]3C[C@H]4CN(CCO4)c4ccc5c(c4)c(c(-c4cccnc4[C@H](C)OC)n5CC)CC(C)(C)COC(=O)[C@@H]4CCCN(N4)C3=O)C(C)C)CC2)C1. The van der Waals surface area contributed by atoms with Gasteiger partial charge >= 0.3 is 12.0 Å². The van der Waals surface area contributed by atoms with Gasteiger partial charge in [-0.15, -0.1) is 0 Å². The van der Waals surface area contributed by atoms with Gasteiger partial charge in [0.25, 0.3) is 11.8 Å². The zero-order chi connectivity index (χ0) is 51.6. The molecule has 4 fully saturated rings. The smallest absolute Gasteiger partial charge is 0.324 e. The Morgan fingerprint density at radius 1 is 1.06 bits per heavy atom. The molecule has 392 valence electrons. The molecule has 7 heterocycles. The van der Waals surface area contributed by atoms with Crippen LogP contribution in [-0.4, -0.2) is 169 Å². The van der Waals surface area contributed by atoms with Crippen molar-refractivity contribution in [2.45, 2.75) is 123 Å².